The molecule has 11 heteroatoms. The summed E-state index contributed by atoms with van der Waals surface area (Å²) >= 11 is 0. The van der Waals surface area contributed by atoms with Crippen molar-refractivity contribution in [2.45, 2.75) is 24.3 Å². The van der Waals surface area contributed by atoms with Gasteiger partial charge in [0.25, 0.3) is 0 Å². The zero-order valence-corrected chi connectivity index (χ0v) is 16.9. The van der Waals surface area contributed by atoms with Crippen molar-refractivity contribution in [3.8, 4) is 0 Å². The second kappa shape index (κ2) is 7.33. The van der Waals surface area contributed by atoms with Gasteiger partial charge in [-0.25, -0.2) is 22.9 Å². The summed E-state index contributed by atoms with van der Waals surface area (Å²) in [5.41, 5.74) is 6.42. The number of rotatable bonds is 6. The van der Waals surface area contributed by atoms with Crippen LogP contribution in [-0.2, 0) is 14.8 Å². The van der Waals surface area contributed by atoms with E-state index in [1.54, 1.807) is 19.1 Å². The maximum atomic E-state index is 14.4. The molecule has 4 atom stereocenters. The number of hydrogen-bond donors (Lipinski definition) is 4. The van der Waals surface area contributed by atoms with Crippen molar-refractivity contribution < 1.29 is 17.6 Å². The quantitative estimate of drug-likeness (QED) is 0.503. The number of amides is 1. The van der Waals surface area contributed by atoms with E-state index in [9.17, 15) is 17.6 Å². The number of nitrogens with one attached hydrogen (secondary N) is 2. The van der Waals surface area contributed by atoms with E-state index >= 15 is 0 Å². The Hall–Kier alpha value is -3.05. The van der Waals surface area contributed by atoms with Gasteiger partial charge in [0.05, 0.1) is 17.0 Å². The largest absolute Gasteiger partial charge is 0.369 e. The summed E-state index contributed by atoms with van der Waals surface area (Å²) in [6.07, 6.45) is 5.75. The van der Waals surface area contributed by atoms with Gasteiger partial charge in [0.15, 0.2) is 11.6 Å². The van der Waals surface area contributed by atoms with E-state index in [-0.39, 0.29) is 34.5 Å². The number of carbonyl (C=O) groups is 1. The maximum Gasteiger partial charge on any atom is 0.238 e. The smallest absolute Gasteiger partial charge is 0.238 e. The van der Waals surface area contributed by atoms with Gasteiger partial charge in [0.1, 0.15) is 0 Å². The van der Waals surface area contributed by atoms with Crippen molar-refractivity contribution in [3.05, 3.63) is 47.9 Å². The van der Waals surface area contributed by atoms with Crippen LogP contribution < -0.4 is 21.5 Å². The molecular weight excluding hydrogens is 411 g/mol. The third kappa shape index (κ3) is 3.73. The second-order valence-corrected chi connectivity index (χ2v) is 9.12. The highest BCUT2D eigenvalue weighted by atomic mass is 32.2. The summed E-state index contributed by atoms with van der Waals surface area (Å²) in [5, 5.41) is 11.1. The third-order valence-electron chi connectivity index (χ3n) is 5.59. The fourth-order valence-electron chi connectivity index (χ4n) is 4.21. The zero-order valence-electron chi connectivity index (χ0n) is 16.0. The highest BCUT2D eigenvalue weighted by Gasteiger charge is 2.47. The summed E-state index contributed by atoms with van der Waals surface area (Å²) in [6, 6.07) is 4.22. The van der Waals surface area contributed by atoms with Crippen LogP contribution in [0, 0.1) is 30.5 Å². The van der Waals surface area contributed by atoms with Gasteiger partial charge < -0.3 is 16.4 Å². The van der Waals surface area contributed by atoms with Gasteiger partial charge in [-0.05, 0) is 42.9 Å². The molecule has 2 aliphatic carbocycles. The predicted octanol–water partition coefficient (Wildman–Crippen LogP) is 1.40. The number of nitrogens with two attached hydrogens (primary N) is 2. The molecule has 0 radical (unpaired) electrons. The minimum Gasteiger partial charge on any atom is -0.369 e. The molecule has 4 rings (SSSR count). The first kappa shape index (κ1) is 20.2. The minimum atomic E-state index is -3.90. The highest BCUT2D eigenvalue weighted by Crippen LogP contribution is 2.44. The summed E-state index contributed by atoms with van der Waals surface area (Å²) in [5.74, 6) is -1.47. The number of aryl methyl sites for hydroxylation is 1. The van der Waals surface area contributed by atoms with Gasteiger partial charge >= 0.3 is 0 Å². The van der Waals surface area contributed by atoms with Gasteiger partial charge in [-0.2, -0.15) is 4.98 Å². The summed E-state index contributed by atoms with van der Waals surface area (Å²) in [4.78, 5) is 19.9. The fraction of sp³-hybridized carbons (Fsp3) is 0.316. The first-order chi connectivity index (χ1) is 14.1. The van der Waals surface area contributed by atoms with Crippen LogP contribution in [0.1, 0.15) is 12.0 Å². The van der Waals surface area contributed by atoms with E-state index in [0.29, 0.717) is 11.3 Å². The first-order valence-corrected chi connectivity index (χ1v) is 10.9. The van der Waals surface area contributed by atoms with Crippen LogP contribution in [0.4, 0.5) is 21.8 Å². The Bertz CT molecular complexity index is 1150. The van der Waals surface area contributed by atoms with Gasteiger partial charge in [-0.1, -0.05) is 18.2 Å². The van der Waals surface area contributed by atoms with E-state index < -0.39 is 27.7 Å². The van der Waals surface area contributed by atoms with E-state index in [2.05, 4.69) is 20.6 Å². The Kier molecular flexibility index (Phi) is 4.94. The van der Waals surface area contributed by atoms with Gasteiger partial charge in [0.2, 0.25) is 21.9 Å². The molecule has 1 aromatic carbocycles. The number of hydrogen-bond acceptors (Lipinski definition) is 7. The molecule has 0 saturated heterocycles. The number of allylic oxidation sites excluding steroid dienone is 1. The Morgan fingerprint density at radius 1 is 1.27 bits per heavy atom. The predicted molar refractivity (Wildman–Crippen MR) is 109 cm³/mol. The molecule has 0 spiro atoms. The molecule has 6 N–H and O–H groups in total. The lowest BCUT2D eigenvalue weighted by Crippen LogP contribution is -2.41. The SMILES string of the molecule is Cc1ccc(Nc2ncc(F)c(NC3C4C=CC(C4)C3C(N)=O)n2)cc1S(N)(=O)=O. The third-order valence-corrected chi connectivity index (χ3v) is 6.64. The Morgan fingerprint density at radius 3 is 2.70 bits per heavy atom. The number of fused-ring (bicyclic) bond motifs is 2. The Balaban J connectivity index is 1.59. The molecule has 158 valence electrons. The molecule has 0 aliphatic heterocycles. The number of benzene rings is 1. The lowest BCUT2D eigenvalue weighted by molar-refractivity contribution is -0.122. The molecule has 2 bridgehead atoms. The lowest BCUT2D eigenvalue weighted by Gasteiger charge is -2.27. The van der Waals surface area contributed by atoms with Gasteiger partial charge in [-0.3, -0.25) is 4.79 Å². The number of halogens is 1. The number of nitrogens with zero attached hydrogens (tertiary/aromatic N) is 2. The lowest BCUT2D eigenvalue weighted by atomic mass is 9.88. The number of carbonyl (C=O) groups excluding carboxylic acids is 1. The Labute approximate surface area is 172 Å². The topological polar surface area (TPSA) is 153 Å². The molecule has 2 aromatic rings. The molecule has 4 unspecified atom stereocenters. The Morgan fingerprint density at radius 2 is 2.00 bits per heavy atom. The summed E-state index contributed by atoms with van der Waals surface area (Å²) < 4.78 is 37.8. The van der Waals surface area contributed by atoms with Crippen molar-refractivity contribution in [1.29, 1.82) is 0 Å². The average molecular weight is 432 g/mol. The molecule has 1 amide bonds. The zero-order chi connectivity index (χ0) is 21.6. The molecule has 1 saturated carbocycles. The molecule has 1 aromatic heterocycles. The molecule has 2 aliphatic rings. The van der Waals surface area contributed by atoms with Crippen LogP contribution >= 0.6 is 0 Å². The highest BCUT2D eigenvalue weighted by molar-refractivity contribution is 7.89. The van der Waals surface area contributed by atoms with Crippen LogP contribution in [-0.4, -0.2) is 30.3 Å². The van der Waals surface area contributed by atoms with Crippen molar-refractivity contribution >= 4 is 33.4 Å². The fourth-order valence-corrected chi connectivity index (χ4v) is 5.01. The molecule has 30 heavy (non-hydrogen) atoms. The van der Waals surface area contributed by atoms with Crippen molar-refractivity contribution in [2.24, 2.45) is 28.6 Å². The van der Waals surface area contributed by atoms with Crippen LogP contribution in [0.5, 0.6) is 0 Å². The molecule has 9 nitrogen and oxygen atoms in total. The number of sulfonamides is 1. The van der Waals surface area contributed by atoms with E-state index in [4.69, 9.17) is 10.9 Å². The molecule has 1 fully saturated rings. The monoisotopic (exact) mass is 432 g/mol. The van der Waals surface area contributed by atoms with Crippen LogP contribution in [0.3, 0.4) is 0 Å². The van der Waals surface area contributed by atoms with Crippen LogP contribution in [0.25, 0.3) is 0 Å². The molecule has 1 heterocycles. The van der Waals surface area contributed by atoms with E-state index in [0.717, 1.165) is 12.6 Å². The van der Waals surface area contributed by atoms with Crippen LogP contribution in [0.15, 0.2) is 41.4 Å². The average Bonchev–Trinajstić information content (AvgIpc) is 3.26. The second-order valence-electron chi connectivity index (χ2n) is 7.59. The normalized spacial score (nSPS) is 24.8. The van der Waals surface area contributed by atoms with Gasteiger partial charge in [-0.15, -0.1) is 0 Å². The van der Waals surface area contributed by atoms with Crippen molar-refractivity contribution in [3.63, 3.8) is 0 Å². The van der Waals surface area contributed by atoms with Crippen molar-refractivity contribution in [1.82, 2.24) is 9.97 Å². The van der Waals surface area contributed by atoms with E-state index in [1.165, 1.54) is 6.07 Å². The summed E-state index contributed by atoms with van der Waals surface area (Å²) in [6.45, 7) is 1.62. The van der Waals surface area contributed by atoms with Gasteiger partial charge in [0, 0.05) is 11.7 Å². The number of aromatic nitrogens is 2. The number of primary amides is 1. The van der Waals surface area contributed by atoms with Crippen molar-refractivity contribution in [2.75, 3.05) is 10.6 Å². The van der Waals surface area contributed by atoms with E-state index in [1.807, 2.05) is 12.2 Å². The van der Waals surface area contributed by atoms with Crippen LogP contribution in [0.2, 0.25) is 0 Å². The number of anilines is 3. The molecular formula is C19H21FN6O3S. The maximum absolute atomic E-state index is 14.4. The minimum absolute atomic E-state index is 0.0361. The standard InChI is InChI=1S/C19H21FN6O3S/c1-9-2-5-12(7-14(9)30(22,28)29)24-19-23-8-13(20)18(26-19)25-16-11-4-3-10(6-11)15(16)17(21)27/h2-5,7-8,10-11,15-16H,6H2,1H3,(H2,21,27)(H2,22,28,29)(H2,23,24,25,26). The summed E-state index contributed by atoms with van der Waals surface area (Å²) in [7, 11) is -3.90. The number of primary sulfonamides is 1. The first-order valence-electron chi connectivity index (χ1n) is 9.30.